The normalized spacial score (nSPS) is 11.1. The van der Waals surface area contributed by atoms with Gasteiger partial charge in [0.1, 0.15) is 23.0 Å². The predicted octanol–water partition coefficient (Wildman–Crippen LogP) is 2.43. The summed E-state index contributed by atoms with van der Waals surface area (Å²) in [4.78, 5) is 13.4. The summed E-state index contributed by atoms with van der Waals surface area (Å²) in [6.45, 7) is 1.34. The maximum absolute atomic E-state index is 13.3. The molecule has 0 N–H and O–H groups in total. The van der Waals surface area contributed by atoms with Crippen LogP contribution in [0.25, 0.3) is 0 Å². The van der Waals surface area contributed by atoms with Crippen molar-refractivity contribution < 1.29 is 22.3 Å². The number of benzene rings is 2. The maximum Gasteiger partial charge on any atom is 0.268 e. The summed E-state index contributed by atoms with van der Waals surface area (Å²) < 4.78 is 46.0. The van der Waals surface area contributed by atoms with Gasteiger partial charge in [-0.2, -0.15) is 0 Å². The molecule has 0 fully saturated rings. The highest BCUT2D eigenvalue weighted by atomic mass is 32.2. The van der Waals surface area contributed by atoms with E-state index in [2.05, 4.69) is 0 Å². The average Bonchev–Trinajstić information content (AvgIpc) is 2.60. The van der Waals surface area contributed by atoms with Gasteiger partial charge < -0.3 is 9.64 Å². The van der Waals surface area contributed by atoms with Gasteiger partial charge in [-0.15, -0.1) is 0 Å². The van der Waals surface area contributed by atoms with Crippen LogP contribution in [0, 0.1) is 12.7 Å². The number of likely N-dealkylation sites (N-methyl/N-ethyl adjacent to an activating group) is 1. The Hall–Kier alpha value is -2.61. The van der Waals surface area contributed by atoms with Crippen LogP contribution in [0.2, 0.25) is 0 Å². The van der Waals surface area contributed by atoms with E-state index in [4.69, 9.17) is 4.74 Å². The van der Waals surface area contributed by atoms with Crippen LogP contribution >= 0.6 is 0 Å². The molecule has 0 unspecified atom stereocenters. The summed E-state index contributed by atoms with van der Waals surface area (Å²) in [6.07, 6.45) is 0. The molecule has 1 amide bonds. The van der Waals surface area contributed by atoms with Gasteiger partial charge in [-0.1, -0.05) is 6.07 Å². The summed E-state index contributed by atoms with van der Waals surface area (Å²) in [5.41, 5.74) is 0.910. The number of carbonyl (C=O) groups is 1. The highest BCUT2D eigenvalue weighted by molar-refractivity contribution is 7.93. The second kappa shape index (κ2) is 7.74. The number of aryl methyl sites for hydroxylation is 1. The van der Waals surface area contributed by atoms with Crippen LogP contribution in [0.1, 0.15) is 5.56 Å². The van der Waals surface area contributed by atoms with E-state index < -0.39 is 28.3 Å². The zero-order valence-corrected chi connectivity index (χ0v) is 15.9. The Kier molecular flexibility index (Phi) is 5.86. The minimum Gasteiger partial charge on any atom is -0.495 e. The smallest absolute Gasteiger partial charge is 0.268 e. The molecule has 140 valence electrons. The number of sulfonamides is 1. The van der Waals surface area contributed by atoms with Crippen molar-refractivity contribution in [2.45, 2.75) is 11.8 Å². The van der Waals surface area contributed by atoms with Gasteiger partial charge in [0.05, 0.1) is 12.8 Å². The minimum atomic E-state index is -4.12. The van der Waals surface area contributed by atoms with E-state index in [9.17, 15) is 17.6 Å². The SMILES string of the molecule is COc1ccc(C)cc1S(=O)(=O)N(CC(=O)N(C)C)c1ccc(F)cc1. The number of carbonyl (C=O) groups excluding carboxylic acids is 1. The average molecular weight is 380 g/mol. The van der Waals surface area contributed by atoms with Gasteiger partial charge in [-0.25, -0.2) is 12.8 Å². The fourth-order valence-corrected chi connectivity index (χ4v) is 3.95. The first-order chi connectivity index (χ1) is 12.2. The molecule has 0 aliphatic carbocycles. The second-order valence-electron chi connectivity index (χ2n) is 5.93. The number of ether oxygens (including phenoxy) is 1. The number of hydrogen-bond donors (Lipinski definition) is 0. The van der Waals surface area contributed by atoms with Gasteiger partial charge in [0.2, 0.25) is 5.91 Å². The molecule has 2 aromatic carbocycles. The number of methoxy groups -OCH3 is 1. The van der Waals surface area contributed by atoms with Gasteiger partial charge in [-0.3, -0.25) is 9.10 Å². The van der Waals surface area contributed by atoms with Gasteiger partial charge >= 0.3 is 0 Å². The maximum atomic E-state index is 13.3. The molecule has 0 aliphatic rings. The van der Waals surface area contributed by atoms with E-state index in [0.29, 0.717) is 0 Å². The molecule has 0 aliphatic heterocycles. The Labute approximate surface area is 152 Å². The van der Waals surface area contributed by atoms with Crippen LogP contribution in [0.15, 0.2) is 47.4 Å². The monoisotopic (exact) mass is 380 g/mol. The van der Waals surface area contributed by atoms with Crippen molar-refractivity contribution in [2.24, 2.45) is 0 Å². The Balaban J connectivity index is 2.61. The Morgan fingerprint density at radius 2 is 1.73 bits per heavy atom. The molecule has 6 nitrogen and oxygen atoms in total. The van der Waals surface area contributed by atoms with Crippen molar-refractivity contribution in [3.05, 3.63) is 53.8 Å². The van der Waals surface area contributed by atoms with E-state index in [0.717, 1.165) is 22.0 Å². The van der Waals surface area contributed by atoms with Crippen LogP contribution in [0.3, 0.4) is 0 Å². The van der Waals surface area contributed by atoms with Gasteiger partial charge in [-0.05, 0) is 48.9 Å². The molecule has 2 rings (SSSR count). The number of hydrogen-bond acceptors (Lipinski definition) is 4. The molecule has 0 saturated carbocycles. The standard InChI is InChI=1S/C18H21FN2O4S/c1-13-5-10-16(25-4)17(11-13)26(23,24)21(12-18(22)20(2)3)15-8-6-14(19)7-9-15/h5-11H,12H2,1-4H3. The lowest BCUT2D eigenvalue weighted by Crippen LogP contribution is -2.40. The lowest BCUT2D eigenvalue weighted by atomic mass is 10.2. The molecule has 0 bridgehead atoms. The quantitative estimate of drug-likeness (QED) is 0.772. The molecule has 26 heavy (non-hydrogen) atoms. The Morgan fingerprint density at radius 3 is 2.27 bits per heavy atom. The van der Waals surface area contributed by atoms with Crippen LogP contribution in [0.5, 0.6) is 5.75 Å². The molecule has 0 atom stereocenters. The highest BCUT2D eigenvalue weighted by Gasteiger charge is 2.30. The van der Waals surface area contributed by atoms with Crippen molar-refractivity contribution in [2.75, 3.05) is 32.1 Å². The van der Waals surface area contributed by atoms with Crippen LogP contribution < -0.4 is 9.04 Å². The summed E-state index contributed by atoms with van der Waals surface area (Å²) in [5.74, 6) is -0.747. The molecule has 8 heteroatoms. The van der Waals surface area contributed by atoms with E-state index >= 15 is 0 Å². The first kappa shape index (κ1) is 19.7. The van der Waals surface area contributed by atoms with E-state index in [1.54, 1.807) is 19.1 Å². The van der Waals surface area contributed by atoms with Crippen molar-refractivity contribution in [3.63, 3.8) is 0 Å². The number of amides is 1. The molecule has 0 spiro atoms. The largest absolute Gasteiger partial charge is 0.495 e. The molecule has 0 heterocycles. The van der Waals surface area contributed by atoms with Crippen LogP contribution in [0.4, 0.5) is 10.1 Å². The fraction of sp³-hybridized carbons (Fsp3) is 0.278. The molecular weight excluding hydrogens is 359 g/mol. The summed E-state index contributed by atoms with van der Waals surface area (Å²) in [7, 11) is 0.315. The number of halogens is 1. The highest BCUT2D eigenvalue weighted by Crippen LogP contribution is 2.31. The van der Waals surface area contributed by atoms with Crippen molar-refractivity contribution in [1.82, 2.24) is 4.90 Å². The first-order valence-corrected chi connectivity index (χ1v) is 9.24. The number of anilines is 1. The van der Waals surface area contributed by atoms with Gasteiger partial charge in [0.15, 0.2) is 0 Å². The van der Waals surface area contributed by atoms with Crippen molar-refractivity contribution in [3.8, 4) is 5.75 Å². The zero-order chi connectivity index (χ0) is 19.5. The number of rotatable bonds is 6. The molecule has 2 aromatic rings. The van der Waals surface area contributed by atoms with Gasteiger partial charge in [0.25, 0.3) is 10.0 Å². The van der Waals surface area contributed by atoms with E-state index in [-0.39, 0.29) is 16.3 Å². The predicted molar refractivity (Wildman–Crippen MR) is 97.4 cm³/mol. The topological polar surface area (TPSA) is 66.9 Å². The zero-order valence-electron chi connectivity index (χ0n) is 15.1. The van der Waals surface area contributed by atoms with Crippen LogP contribution in [-0.4, -0.2) is 47.0 Å². The third kappa shape index (κ3) is 4.13. The van der Waals surface area contributed by atoms with E-state index in [1.165, 1.54) is 44.3 Å². The van der Waals surface area contributed by atoms with Gasteiger partial charge in [0, 0.05) is 14.1 Å². The van der Waals surface area contributed by atoms with Crippen molar-refractivity contribution >= 4 is 21.6 Å². The fourth-order valence-electron chi connectivity index (χ4n) is 2.29. The molecule has 0 saturated heterocycles. The molecule has 0 radical (unpaired) electrons. The first-order valence-electron chi connectivity index (χ1n) is 7.80. The van der Waals surface area contributed by atoms with E-state index in [1.807, 2.05) is 0 Å². The van der Waals surface area contributed by atoms with Crippen LogP contribution in [-0.2, 0) is 14.8 Å². The molecular formula is C18H21FN2O4S. The number of nitrogens with zero attached hydrogens (tertiary/aromatic N) is 2. The Morgan fingerprint density at radius 1 is 1.12 bits per heavy atom. The summed E-state index contributed by atoms with van der Waals surface area (Å²) in [5, 5.41) is 0. The van der Waals surface area contributed by atoms with Crippen molar-refractivity contribution in [1.29, 1.82) is 0 Å². The third-order valence-corrected chi connectivity index (χ3v) is 5.57. The second-order valence-corrected chi connectivity index (χ2v) is 7.76. The third-order valence-electron chi connectivity index (χ3n) is 3.78. The summed E-state index contributed by atoms with van der Waals surface area (Å²) in [6, 6.07) is 9.68. The lowest BCUT2D eigenvalue weighted by molar-refractivity contribution is -0.127. The lowest BCUT2D eigenvalue weighted by Gasteiger charge is -2.26. The minimum absolute atomic E-state index is 0.0594. The molecule has 0 aromatic heterocycles. The summed E-state index contributed by atoms with van der Waals surface area (Å²) >= 11 is 0. The Bertz CT molecular complexity index is 896.